The number of benzene rings is 2. The zero-order valence-corrected chi connectivity index (χ0v) is 18.0. The number of nitro benzene ring substituents is 1. The second-order valence-corrected chi connectivity index (χ2v) is 9.44. The summed E-state index contributed by atoms with van der Waals surface area (Å²) >= 11 is 6.17. The molecule has 1 aliphatic rings. The Balaban J connectivity index is 1.90. The third-order valence-corrected chi connectivity index (χ3v) is 7.51. The van der Waals surface area contributed by atoms with E-state index in [1.165, 1.54) is 41.6 Å². The summed E-state index contributed by atoms with van der Waals surface area (Å²) in [5.41, 5.74) is 0.565. The van der Waals surface area contributed by atoms with Crippen molar-refractivity contribution >= 4 is 38.9 Å². The molecule has 0 unspecified atom stereocenters. The highest BCUT2D eigenvalue weighted by atomic mass is 35.5. The number of hydrogen-bond acceptors (Lipinski definition) is 5. The van der Waals surface area contributed by atoms with Gasteiger partial charge in [-0.1, -0.05) is 30.5 Å². The third-order valence-electron chi connectivity index (χ3n) is 5.13. The van der Waals surface area contributed by atoms with Crippen molar-refractivity contribution in [2.45, 2.75) is 37.5 Å². The van der Waals surface area contributed by atoms with E-state index in [0.717, 1.165) is 25.7 Å². The number of nitro groups is 1. The number of carbonyl (C=O) groups excluding carboxylic acids is 1. The van der Waals surface area contributed by atoms with Gasteiger partial charge in [0.05, 0.1) is 21.2 Å². The van der Waals surface area contributed by atoms with Crippen molar-refractivity contribution in [1.29, 1.82) is 0 Å². The van der Waals surface area contributed by atoms with Gasteiger partial charge in [0, 0.05) is 24.7 Å². The van der Waals surface area contributed by atoms with Crippen LogP contribution < -0.4 is 5.32 Å². The molecular formula is C20H22ClN3O5S. The quantitative estimate of drug-likeness (QED) is 0.536. The van der Waals surface area contributed by atoms with E-state index < -0.39 is 20.9 Å². The second-order valence-electron chi connectivity index (χ2n) is 7.12. The van der Waals surface area contributed by atoms with E-state index in [2.05, 4.69) is 5.32 Å². The maximum absolute atomic E-state index is 13.1. The fourth-order valence-electron chi connectivity index (χ4n) is 3.41. The Morgan fingerprint density at radius 3 is 2.43 bits per heavy atom. The summed E-state index contributed by atoms with van der Waals surface area (Å²) in [7, 11) is -3.84. The van der Waals surface area contributed by atoms with Crippen LogP contribution in [0.25, 0.3) is 0 Å². The van der Waals surface area contributed by atoms with Crippen LogP contribution in [0.1, 0.15) is 41.6 Å². The van der Waals surface area contributed by atoms with Gasteiger partial charge in [0.25, 0.3) is 11.6 Å². The first-order valence-electron chi connectivity index (χ1n) is 9.57. The van der Waals surface area contributed by atoms with Gasteiger partial charge in [-0.2, -0.15) is 4.31 Å². The fraction of sp³-hybridized carbons (Fsp3) is 0.350. The van der Waals surface area contributed by atoms with Crippen LogP contribution in [0.2, 0.25) is 5.02 Å². The highest BCUT2D eigenvalue weighted by Gasteiger charge is 2.28. The lowest BCUT2D eigenvalue weighted by Crippen LogP contribution is -2.32. The van der Waals surface area contributed by atoms with Gasteiger partial charge >= 0.3 is 0 Å². The molecular weight excluding hydrogens is 430 g/mol. The molecule has 3 rings (SSSR count). The van der Waals surface area contributed by atoms with Gasteiger partial charge in [0.15, 0.2) is 0 Å². The van der Waals surface area contributed by atoms with Gasteiger partial charge in [-0.15, -0.1) is 0 Å². The van der Waals surface area contributed by atoms with Crippen LogP contribution in [0.3, 0.4) is 0 Å². The summed E-state index contributed by atoms with van der Waals surface area (Å²) in [4.78, 5) is 23.2. The molecule has 0 bridgehead atoms. The minimum absolute atomic E-state index is 0.0438. The van der Waals surface area contributed by atoms with Crippen LogP contribution in [-0.4, -0.2) is 36.6 Å². The van der Waals surface area contributed by atoms with Crippen molar-refractivity contribution < 1.29 is 18.1 Å². The standard InChI is InChI=1S/C20H22ClN3O5S/c1-14-17(7-6-8-18(14)24(26)27)22-20(25)15-9-10-16(21)19(13-15)30(28,29)23-11-4-2-3-5-12-23/h6-10,13H,2-5,11-12H2,1H3,(H,22,25). The van der Waals surface area contributed by atoms with E-state index in [1.807, 2.05) is 0 Å². The van der Waals surface area contributed by atoms with E-state index in [1.54, 1.807) is 6.07 Å². The van der Waals surface area contributed by atoms with Crippen LogP contribution in [0, 0.1) is 17.0 Å². The Morgan fingerprint density at radius 1 is 1.13 bits per heavy atom. The van der Waals surface area contributed by atoms with Crippen LogP contribution in [0.5, 0.6) is 0 Å². The third kappa shape index (κ3) is 4.63. The molecule has 0 radical (unpaired) electrons. The molecule has 0 spiro atoms. The Kier molecular flexibility index (Phi) is 6.74. The van der Waals surface area contributed by atoms with E-state index in [9.17, 15) is 23.3 Å². The highest BCUT2D eigenvalue weighted by molar-refractivity contribution is 7.89. The number of halogens is 1. The summed E-state index contributed by atoms with van der Waals surface area (Å²) in [6.45, 7) is 2.37. The predicted octanol–water partition coefficient (Wildman–Crippen LogP) is 4.37. The maximum atomic E-state index is 13.1. The van der Waals surface area contributed by atoms with Crippen molar-refractivity contribution in [1.82, 2.24) is 4.31 Å². The molecule has 10 heteroatoms. The largest absolute Gasteiger partial charge is 0.321 e. The number of amides is 1. The van der Waals surface area contributed by atoms with Gasteiger partial charge < -0.3 is 5.32 Å². The maximum Gasteiger partial charge on any atom is 0.274 e. The van der Waals surface area contributed by atoms with Crippen LogP contribution >= 0.6 is 11.6 Å². The number of sulfonamides is 1. The number of hydrogen-bond donors (Lipinski definition) is 1. The van der Waals surface area contributed by atoms with Crippen molar-refractivity contribution in [3.8, 4) is 0 Å². The molecule has 1 fully saturated rings. The van der Waals surface area contributed by atoms with Crippen LogP contribution in [0.15, 0.2) is 41.3 Å². The number of nitrogens with zero attached hydrogens (tertiary/aromatic N) is 2. The topological polar surface area (TPSA) is 110 Å². The Bertz CT molecular complexity index is 1080. The van der Waals surface area contributed by atoms with Crippen LogP contribution in [0.4, 0.5) is 11.4 Å². The summed E-state index contributed by atoms with van der Waals surface area (Å²) in [6, 6.07) is 8.42. The SMILES string of the molecule is Cc1c(NC(=O)c2ccc(Cl)c(S(=O)(=O)N3CCCCCC3)c2)cccc1[N+](=O)[O-]. The van der Waals surface area contributed by atoms with Crippen molar-refractivity contribution in [2.75, 3.05) is 18.4 Å². The number of carbonyl (C=O) groups is 1. The second kappa shape index (κ2) is 9.11. The minimum Gasteiger partial charge on any atom is -0.321 e. The van der Waals surface area contributed by atoms with Gasteiger partial charge in [-0.05, 0) is 44.0 Å². The molecule has 1 aliphatic heterocycles. The monoisotopic (exact) mass is 451 g/mol. The van der Waals surface area contributed by atoms with E-state index in [0.29, 0.717) is 18.7 Å². The molecule has 1 heterocycles. The Labute approximate surface area is 180 Å². The van der Waals surface area contributed by atoms with E-state index in [4.69, 9.17) is 11.6 Å². The first-order chi connectivity index (χ1) is 14.2. The number of rotatable bonds is 5. The molecule has 0 saturated carbocycles. The van der Waals surface area contributed by atoms with E-state index >= 15 is 0 Å². The van der Waals surface area contributed by atoms with Gasteiger partial charge in [0.2, 0.25) is 10.0 Å². The Morgan fingerprint density at radius 2 is 1.80 bits per heavy atom. The summed E-state index contributed by atoms with van der Waals surface area (Å²) in [5.74, 6) is -0.581. The Hall–Kier alpha value is -2.49. The highest BCUT2D eigenvalue weighted by Crippen LogP contribution is 2.29. The summed E-state index contributed by atoms with van der Waals surface area (Å²) in [6.07, 6.45) is 3.52. The summed E-state index contributed by atoms with van der Waals surface area (Å²) in [5, 5.41) is 13.8. The first kappa shape index (κ1) is 22.2. The van der Waals surface area contributed by atoms with Crippen molar-refractivity contribution in [3.05, 3.63) is 62.7 Å². The minimum atomic E-state index is -3.84. The molecule has 8 nitrogen and oxygen atoms in total. The molecule has 2 aromatic rings. The van der Waals surface area contributed by atoms with Gasteiger partial charge in [-0.25, -0.2) is 8.42 Å². The predicted molar refractivity (Wildman–Crippen MR) is 114 cm³/mol. The first-order valence-corrected chi connectivity index (χ1v) is 11.4. The molecule has 0 aliphatic carbocycles. The molecule has 0 aromatic heterocycles. The molecule has 1 amide bonds. The number of nitrogens with one attached hydrogen (secondary N) is 1. The van der Waals surface area contributed by atoms with Crippen molar-refractivity contribution in [2.24, 2.45) is 0 Å². The zero-order valence-electron chi connectivity index (χ0n) is 16.4. The average Bonchev–Trinajstić information content (AvgIpc) is 2.99. The number of anilines is 1. The zero-order chi connectivity index (χ0) is 21.9. The van der Waals surface area contributed by atoms with Crippen LogP contribution in [-0.2, 0) is 10.0 Å². The molecule has 1 saturated heterocycles. The van der Waals surface area contributed by atoms with Crippen molar-refractivity contribution in [3.63, 3.8) is 0 Å². The van der Waals surface area contributed by atoms with Gasteiger partial charge in [-0.3, -0.25) is 14.9 Å². The fourth-order valence-corrected chi connectivity index (χ4v) is 5.43. The molecule has 160 valence electrons. The lowest BCUT2D eigenvalue weighted by molar-refractivity contribution is -0.385. The normalized spacial score (nSPS) is 15.4. The molecule has 0 atom stereocenters. The lowest BCUT2D eigenvalue weighted by Gasteiger charge is -2.21. The average molecular weight is 452 g/mol. The molecule has 1 N–H and O–H groups in total. The van der Waals surface area contributed by atoms with Gasteiger partial charge in [0.1, 0.15) is 4.90 Å². The van der Waals surface area contributed by atoms with E-state index in [-0.39, 0.29) is 26.9 Å². The molecule has 2 aromatic carbocycles. The smallest absolute Gasteiger partial charge is 0.274 e. The summed E-state index contributed by atoms with van der Waals surface area (Å²) < 4.78 is 27.6. The molecule has 30 heavy (non-hydrogen) atoms. The lowest BCUT2D eigenvalue weighted by atomic mass is 10.1.